The van der Waals surface area contributed by atoms with Crippen LogP contribution in [0, 0.1) is 0 Å². The van der Waals surface area contributed by atoms with E-state index >= 15 is 0 Å². The highest BCUT2D eigenvalue weighted by molar-refractivity contribution is 4.64. The second-order valence-electron chi connectivity index (χ2n) is 3.89. The Morgan fingerprint density at radius 3 is 3.00 bits per heavy atom. The molecule has 0 radical (unpaired) electrons. The summed E-state index contributed by atoms with van der Waals surface area (Å²) in [5.74, 6) is 0. The third kappa shape index (κ3) is 5.82. The van der Waals surface area contributed by atoms with Crippen molar-refractivity contribution in [3.05, 3.63) is 12.4 Å². The molecule has 1 unspecified atom stereocenters. The largest absolute Gasteiger partial charge is 0.380 e. The molecule has 1 heterocycles. The molecule has 0 aliphatic carbocycles. The number of aromatic nitrogens is 3. The first-order valence-electron chi connectivity index (χ1n) is 5.98. The van der Waals surface area contributed by atoms with Gasteiger partial charge >= 0.3 is 0 Å². The fraction of sp³-hybridized carbons (Fsp3) is 0.818. The summed E-state index contributed by atoms with van der Waals surface area (Å²) in [7, 11) is 0. The first kappa shape index (κ1) is 13.1. The van der Waals surface area contributed by atoms with Gasteiger partial charge in [0.15, 0.2) is 0 Å². The van der Waals surface area contributed by atoms with E-state index in [9.17, 15) is 0 Å². The van der Waals surface area contributed by atoms with Crippen LogP contribution in [-0.2, 0) is 11.3 Å². The Morgan fingerprint density at radius 2 is 2.31 bits per heavy atom. The Balaban J connectivity index is 1.91. The Labute approximate surface area is 97.2 Å². The summed E-state index contributed by atoms with van der Waals surface area (Å²) < 4.78 is 7.19. The molecule has 0 aliphatic heterocycles. The number of nitrogens with one attached hydrogen (secondary N) is 1. The maximum atomic E-state index is 5.33. The molecule has 1 N–H and O–H groups in total. The molecule has 5 nitrogen and oxygen atoms in total. The first-order chi connectivity index (χ1) is 7.83. The van der Waals surface area contributed by atoms with Crippen LogP contribution in [0.25, 0.3) is 0 Å². The highest BCUT2D eigenvalue weighted by Crippen LogP contribution is 1.93. The molecule has 0 fully saturated rings. The van der Waals surface area contributed by atoms with E-state index in [0.29, 0.717) is 6.04 Å². The second kappa shape index (κ2) is 8.24. The van der Waals surface area contributed by atoms with Crippen LogP contribution >= 0.6 is 0 Å². The lowest BCUT2D eigenvalue weighted by molar-refractivity contribution is 0.127. The molecule has 0 amide bonds. The molecule has 1 aromatic heterocycles. The van der Waals surface area contributed by atoms with E-state index in [-0.39, 0.29) is 0 Å². The normalized spacial score (nSPS) is 12.9. The molecule has 16 heavy (non-hydrogen) atoms. The van der Waals surface area contributed by atoms with Crippen molar-refractivity contribution in [1.29, 1.82) is 0 Å². The summed E-state index contributed by atoms with van der Waals surface area (Å²) in [5.41, 5.74) is 0. The minimum absolute atomic E-state index is 0.436. The van der Waals surface area contributed by atoms with E-state index in [0.717, 1.165) is 39.1 Å². The van der Waals surface area contributed by atoms with Crippen molar-refractivity contribution in [2.75, 3.05) is 19.8 Å². The fourth-order valence-corrected chi connectivity index (χ4v) is 1.45. The molecule has 0 aromatic carbocycles. The molecule has 1 atom stereocenters. The average molecular weight is 226 g/mol. The highest BCUT2D eigenvalue weighted by Gasteiger charge is 1.99. The van der Waals surface area contributed by atoms with Crippen LogP contribution in [0.4, 0.5) is 0 Å². The lowest BCUT2D eigenvalue weighted by atomic mass is 10.3. The predicted molar refractivity (Wildman–Crippen MR) is 63.2 cm³/mol. The number of unbranched alkanes of at least 4 members (excludes halogenated alkanes) is 1. The molecule has 1 rings (SSSR count). The average Bonchev–Trinajstić information content (AvgIpc) is 2.79. The summed E-state index contributed by atoms with van der Waals surface area (Å²) >= 11 is 0. The van der Waals surface area contributed by atoms with Crippen molar-refractivity contribution in [3.8, 4) is 0 Å². The summed E-state index contributed by atoms with van der Waals surface area (Å²) in [4.78, 5) is 0. The quantitative estimate of drug-likeness (QED) is 0.640. The van der Waals surface area contributed by atoms with Gasteiger partial charge in [-0.15, -0.1) is 5.10 Å². The van der Waals surface area contributed by atoms with Crippen molar-refractivity contribution in [3.63, 3.8) is 0 Å². The van der Waals surface area contributed by atoms with E-state index in [1.165, 1.54) is 0 Å². The van der Waals surface area contributed by atoms with Crippen LogP contribution in [0.3, 0.4) is 0 Å². The van der Waals surface area contributed by atoms with Crippen LogP contribution in [0.15, 0.2) is 12.4 Å². The molecule has 0 aliphatic rings. The molecule has 1 aromatic rings. The summed E-state index contributed by atoms with van der Waals surface area (Å²) in [6.45, 7) is 7.72. The molecular weight excluding hydrogens is 204 g/mol. The van der Waals surface area contributed by atoms with Gasteiger partial charge in [0, 0.05) is 25.4 Å². The molecular formula is C11H22N4O. The van der Waals surface area contributed by atoms with Gasteiger partial charge in [-0.25, -0.2) is 0 Å². The van der Waals surface area contributed by atoms with Crippen LogP contribution in [0.5, 0.6) is 0 Å². The lowest BCUT2D eigenvalue weighted by Crippen LogP contribution is -2.31. The number of ether oxygens (including phenoxy) is 1. The number of hydrogen-bond donors (Lipinski definition) is 1. The van der Waals surface area contributed by atoms with Gasteiger partial charge in [-0.05, 0) is 33.2 Å². The standard InChI is InChI=1S/C11H22N4O/c1-3-16-10-11(2)12-6-4-5-8-15-9-7-13-14-15/h7,9,11-12H,3-6,8,10H2,1-2H3. The Hall–Kier alpha value is -0.940. The monoisotopic (exact) mass is 226 g/mol. The topological polar surface area (TPSA) is 52.0 Å². The minimum atomic E-state index is 0.436. The Morgan fingerprint density at radius 1 is 1.44 bits per heavy atom. The van der Waals surface area contributed by atoms with Crippen LogP contribution in [-0.4, -0.2) is 40.8 Å². The van der Waals surface area contributed by atoms with Crippen molar-refractivity contribution in [2.45, 2.75) is 39.3 Å². The summed E-state index contributed by atoms with van der Waals surface area (Å²) in [6.07, 6.45) is 5.88. The van der Waals surface area contributed by atoms with Gasteiger partial charge in [-0.3, -0.25) is 4.68 Å². The van der Waals surface area contributed by atoms with E-state index in [2.05, 4.69) is 22.6 Å². The zero-order valence-corrected chi connectivity index (χ0v) is 10.2. The molecule has 0 bridgehead atoms. The highest BCUT2D eigenvalue weighted by atomic mass is 16.5. The Kier molecular flexibility index (Phi) is 6.76. The Bertz CT molecular complexity index is 250. The number of aryl methyl sites for hydroxylation is 1. The number of rotatable bonds is 9. The van der Waals surface area contributed by atoms with Crippen LogP contribution < -0.4 is 5.32 Å². The number of hydrogen-bond acceptors (Lipinski definition) is 4. The molecule has 92 valence electrons. The first-order valence-corrected chi connectivity index (χ1v) is 5.98. The van der Waals surface area contributed by atoms with Crippen LogP contribution in [0.2, 0.25) is 0 Å². The van der Waals surface area contributed by atoms with Crippen molar-refractivity contribution in [2.24, 2.45) is 0 Å². The third-order valence-electron chi connectivity index (χ3n) is 2.35. The molecule has 0 saturated carbocycles. The maximum Gasteiger partial charge on any atom is 0.0692 e. The lowest BCUT2D eigenvalue weighted by Gasteiger charge is -2.13. The second-order valence-corrected chi connectivity index (χ2v) is 3.89. The zero-order valence-electron chi connectivity index (χ0n) is 10.2. The van der Waals surface area contributed by atoms with Gasteiger partial charge in [0.1, 0.15) is 0 Å². The SMILES string of the molecule is CCOCC(C)NCCCCn1ccnn1. The summed E-state index contributed by atoms with van der Waals surface area (Å²) in [5, 5.41) is 11.1. The molecule has 0 spiro atoms. The fourth-order valence-electron chi connectivity index (χ4n) is 1.45. The molecule has 0 saturated heterocycles. The minimum Gasteiger partial charge on any atom is -0.380 e. The zero-order chi connectivity index (χ0) is 11.6. The van der Waals surface area contributed by atoms with Gasteiger partial charge in [-0.1, -0.05) is 5.21 Å². The van der Waals surface area contributed by atoms with E-state index < -0.39 is 0 Å². The summed E-state index contributed by atoms with van der Waals surface area (Å²) in [6, 6.07) is 0.436. The van der Waals surface area contributed by atoms with Crippen molar-refractivity contribution < 1.29 is 4.74 Å². The van der Waals surface area contributed by atoms with Gasteiger partial charge in [0.25, 0.3) is 0 Å². The number of nitrogens with zero attached hydrogens (tertiary/aromatic N) is 3. The van der Waals surface area contributed by atoms with Crippen molar-refractivity contribution in [1.82, 2.24) is 20.3 Å². The predicted octanol–water partition coefficient (Wildman–Crippen LogP) is 1.07. The van der Waals surface area contributed by atoms with E-state index in [1.807, 2.05) is 17.8 Å². The van der Waals surface area contributed by atoms with Gasteiger partial charge in [0.2, 0.25) is 0 Å². The van der Waals surface area contributed by atoms with E-state index in [4.69, 9.17) is 4.74 Å². The maximum absolute atomic E-state index is 5.33. The van der Waals surface area contributed by atoms with Crippen LogP contribution in [0.1, 0.15) is 26.7 Å². The third-order valence-corrected chi connectivity index (χ3v) is 2.35. The van der Waals surface area contributed by atoms with Gasteiger partial charge < -0.3 is 10.1 Å². The smallest absolute Gasteiger partial charge is 0.0692 e. The van der Waals surface area contributed by atoms with Gasteiger partial charge in [0.05, 0.1) is 12.8 Å². The van der Waals surface area contributed by atoms with E-state index in [1.54, 1.807) is 6.20 Å². The van der Waals surface area contributed by atoms with Gasteiger partial charge in [-0.2, -0.15) is 0 Å². The molecule has 5 heteroatoms. The van der Waals surface area contributed by atoms with Crippen molar-refractivity contribution >= 4 is 0 Å².